The number of piperazine rings is 1. The average Bonchev–Trinajstić information content (AvgIpc) is 3.35. The zero-order valence-corrected chi connectivity index (χ0v) is 15.1. The highest BCUT2D eigenvalue weighted by Gasteiger charge is 2.20. The molecule has 3 aromatic rings. The van der Waals surface area contributed by atoms with Crippen LogP contribution in [0.4, 0.5) is 5.13 Å². The lowest BCUT2D eigenvalue weighted by Gasteiger charge is -2.34. The molecular weight excluding hydrogens is 348 g/mol. The Labute approximate surface area is 155 Å². The molecule has 0 saturated carbocycles. The molecule has 0 radical (unpaired) electrons. The van der Waals surface area contributed by atoms with Crippen LogP contribution in [0.5, 0.6) is 0 Å². The molecule has 0 spiro atoms. The van der Waals surface area contributed by atoms with E-state index in [1.807, 2.05) is 10.8 Å². The number of carbonyl (C=O) groups excluding carboxylic acids is 1. The van der Waals surface area contributed by atoms with Crippen LogP contribution in [0.3, 0.4) is 0 Å². The third-order valence-electron chi connectivity index (χ3n) is 4.53. The summed E-state index contributed by atoms with van der Waals surface area (Å²) in [4.78, 5) is 24.2. The van der Waals surface area contributed by atoms with Gasteiger partial charge in [-0.15, -0.1) is 11.3 Å². The highest BCUT2D eigenvalue weighted by Crippen LogP contribution is 2.22. The van der Waals surface area contributed by atoms with Gasteiger partial charge in [-0.2, -0.15) is 0 Å². The Morgan fingerprint density at radius 2 is 1.92 bits per heavy atom. The van der Waals surface area contributed by atoms with Crippen molar-refractivity contribution in [1.82, 2.24) is 19.4 Å². The van der Waals surface area contributed by atoms with Gasteiger partial charge in [-0.3, -0.25) is 9.69 Å². The summed E-state index contributed by atoms with van der Waals surface area (Å²) in [6.07, 6.45) is 5.52. The Kier molecular flexibility index (Phi) is 4.68. The summed E-state index contributed by atoms with van der Waals surface area (Å²) in [6, 6.07) is 8.58. The molecule has 26 heavy (non-hydrogen) atoms. The average molecular weight is 368 g/mol. The highest BCUT2D eigenvalue weighted by molar-refractivity contribution is 7.13. The van der Waals surface area contributed by atoms with Crippen LogP contribution in [0.1, 0.15) is 16.1 Å². The maximum atomic E-state index is 11.2. The fraction of sp³-hybridized carbons (Fsp3) is 0.278. The van der Waals surface area contributed by atoms with Crippen molar-refractivity contribution in [3.8, 4) is 5.69 Å². The van der Waals surface area contributed by atoms with Gasteiger partial charge in [0, 0.05) is 56.2 Å². The lowest BCUT2D eigenvalue weighted by molar-refractivity contribution is 0.0996. The SMILES string of the molecule is NC(=O)c1csc(N2CCN(Cc3ccc(-n4ccnc4)cc3)CC2)n1. The molecule has 1 amide bonds. The minimum Gasteiger partial charge on any atom is -0.364 e. The fourth-order valence-corrected chi connectivity index (χ4v) is 3.93. The Morgan fingerprint density at radius 3 is 2.54 bits per heavy atom. The van der Waals surface area contributed by atoms with Crippen molar-refractivity contribution in [1.29, 1.82) is 0 Å². The predicted molar refractivity (Wildman–Crippen MR) is 102 cm³/mol. The topological polar surface area (TPSA) is 80.3 Å². The van der Waals surface area contributed by atoms with Crippen molar-refractivity contribution in [2.75, 3.05) is 31.1 Å². The molecular formula is C18H20N6OS. The summed E-state index contributed by atoms with van der Waals surface area (Å²) in [7, 11) is 0. The maximum Gasteiger partial charge on any atom is 0.268 e. The molecule has 0 aliphatic carbocycles. The highest BCUT2D eigenvalue weighted by atomic mass is 32.1. The first-order valence-corrected chi connectivity index (χ1v) is 9.37. The van der Waals surface area contributed by atoms with Crippen molar-refractivity contribution >= 4 is 22.4 Å². The van der Waals surface area contributed by atoms with Gasteiger partial charge in [0.1, 0.15) is 5.69 Å². The van der Waals surface area contributed by atoms with E-state index in [9.17, 15) is 4.79 Å². The van der Waals surface area contributed by atoms with Crippen LogP contribution in [0.2, 0.25) is 0 Å². The molecule has 1 saturated heterocycles. The lowest BCUT2D eigenvalue weighted by atomic mass is 10.2. The standard InChI is InChI=1S/C18H20N6OS/c19-17(25)16-12-26-18(21-16)23-9-7-22(8-10-23)11-14-1-3-15(4-2-14)24-6-5-20-13-24/h1-6,12-13H,7-11H2,(H2,19,25). The van der Waals surface area contributed by atoms with Crippen LogP contribution in [0.15, 0.2) is 48.4 Å². The second-order valence-corrected chi connectivity index (χ2v) is 7.12. The minimum absolute atomic E-state index is 0.352. The number of hydrogen-bond donors (Lipinski definition) is 1. The molecule has 7 nitrogen and oxygen atoms in total. The van der Waals surface area contributed by atoms with Crippen molar-refractivity contribution < 1.29 is 4.79 Å². The largest absolute Gasteiger partial charge is 0.364 e. The molecule has 134 valence electrons. The van der Waals surface area contributed by atoms with E-state index >= 15 is 0 Å². The summed E-state index contributed by atoms with van der Waals surface area (Å²) in [6.45, 7) is 4.67. The number of anilines is 1. The van der Waals surface area contributed by atoms with Gasteiger partial charge in [-0.1, -0.05) is 12.1 Å². The molecule has 2 aromatic heterocycles. The van der Waals surface area contributed by atoms with E-state index in [2.05, 4.69) is 44.0 Å². The normalized spacial score (nSPS) is 15.3. The summed E-state index contributed by atoms with van der Waals surface area (Å²) < 4.78 is 2.00. The molecule has 2 N–H and O–H groups in total. The lowest BCUT2D eigenvalue weighted by Crippen LogP contribution is -2.46. The van der Waals surface area contributed by atoms with E-state index in [4.69, 9.17) is 5.73 Å². The van der Waals surface area contributed by atoms with E-state index in [1.165, 1.54) is 16.9 Å². The molecule has 0 atom stereocenters. The van der Waals surface area contributed by atoms with Gasteiger partial charge in [-0.05, 0) is 17.7 Å². The van der Waals surface area contributed by atoms with Crippen molar-refractivity contribution in [2.24, 2.45) is 5.73 Å². The zero-order chi connectivity index (χ0) is 17.9. The van der Waals surface area contributed by atoms with Crippen LogP contribution in [-0.2, 0) is 6.54 Å². The van der Waals surface area contributed by atoms with E-state index in [0.717, 1.165) is 43.5 Å². The second-order valence-electron chi connectivity index (χ2n) is 6.28. The molecule has 1 aliphatic rings. The van der Waals surface area contributed by atoms with Crippen LogP contribution in [-0.4, -0.2) is 51.5 Å². The minimum atomic E-state index is -0.467. The summed E-state index contributed by atoms with van der Waals surface area (Å²) >= 11 is 1.48. The van der Waals surface area contributed by atoms with Crippen molar-refractivity contribution in [3.63, 3.8) is 0 Å². The first kappa shape index (κ1) is 16.7. The van der Waals surface area contributed by atoms with Gasteiger partial charge in [0.2, 0.25) is 0 Å². The number of hydrogen-bond acceptors (Lipinski definition) is 6. The number of thiazole rings is 1. The summed E-state index contributed by atoms with van der Waals surface area (Å²) in [5.41, 5.74) is 8.05. The van der Waals surface area contributed by atoms with E-state index in [0.29, 0.717) is 5.69 Å². The fourth-order valence-electron chi connectivity index (χ4n) is 3.06. The van der Waals surface area contributed by atoms with E-state index in [-0.39, 0.29) is 0 Å². The maximum absolute atomic E-state index is 11.2. The monoisotopic (exact) mass is 368 g/mol. The van der Waals surface area contributed by atoms with E-state index < -0.39 is 5.91 Å². The van der Waals surface area contributed by atoms with Crippen LogP contribution in [0, 0.1) is 0 Å². The van der Waals surface area contributed by atoms with Gasteiger partial charge < -0.3 is 15.2 Å². The molecule has 8 heteroatoms. The number of rotatable bonds is 5. The van der Waals surface area contributed by atoms with Crippen LogP contribution >= 0.6 is 11.3 Å². The number of nitrogens with zero attached hydrogens (tertiary/aromatic N) is 5. The Bertz CT molecular complexity index is 865. The summed E-state index contributed by atoms with van der Waals surface area (Å²) in [5.74, 6) is -0.467. The number of imidazole rings is 1. The number of benzene rings is 1. The molecule has 3 heterocycles. The molecule has 1 aromatic carbocycles. The number of amides is 1. The smallest absolute Gasteiger partial charge is 0.268 e. The first-order chi connectivity index (χ1) is 12.7. The number of aromatic nitrogens is 3. The number of primary amides is 1. The summed E-state index contributed by atoms with van der Waals surface area (Å²) in [5, 5.41) is 2.61. The first-order valence-electron chi connectivity index (χ1n) is 8.49. The molecule has 0 bridgehead atoms. The number of carbonyl (C=O) groups is 1. The predicted octanol–water partition coefficient (Wildman–Crippen LogP) is 1.75. The molecule has 1 fully saturated rings. The third kappa shape index (κ3) is 3.61. The van der Waals surface area contributed by atoms with Gasteiger partial charge in [0.25, 0.3) is 5.91 Å². The van der Waals surface area contributed by atoms with Gasteiger partial charge in [0.05, 0.1) is 6.33 Å². The second kappa shape index (κ2) is 7.27. The molecule has 4 rings (SSSR count). The van der Waals surface area contributed by atoms with Gasteiger partial charge >= 0.3 is 0 Å². The zero-order valence-electron chi connectivity index (χ0n) is 14.3. The Balaban J connectivity index is 1.32. The van der Waals surface area contributed by atoms with Crippen LogP contribution < -0.4 is 10.6 Å². The Hall–Kier alpha value is -2.71. The molecule has 1 aliphatic heterocycles. The quantitative estimate of drug-likeness (QED) is 0.742. The number of nitrogens with two attached hydrogens (primary N) is 1. The van der Waals surface area contributed by atoms with Crippen LogP contribution in [0.25, 0.3) is 5.69 Å². The Morgan fingerprint density at radius 1 is 1.15 bits per heavy atom. The molecule has 0 unspecified atom stereocenters. The van der Waals surface area contributed by atoms with Crippen molar-refractivity contribution in [2.45, 2.75) is 6.54 Å². The van der Waals surface area contributed by atoms with Gasteiger partial charge in [0.15, 0.2) is 5.13 Å². The third-order valence-corrected chi connectivity index (χ3v) is 5.43. The van der Waals surface area contributed by atoms with E-state index in [1.54, 1.807) is 17.9 Å². The van der Waals surface area contributed by atoms with Crippen molar-refractivity contribution in [3.05, 3.63) is 59.6 Å². The van der Waals surface area contributed by atoms with Gasteiger partial charge in [-0.25, -0.2) is 9.97 Å².